The molecule has 0 atom stereocenters. The van der Waals surface area contributed by atoms with E-state index in [9.17, 15) is 9.18 Å². The Morgan fingerprint density at radius 1 is 1.50 bits per heavy atom. The minimum Gasteiger partial charge on any atom is -0.495 e. The number of hydrogen-bond acceptors (Lipinski definition) is 3. The first-order valence-corrected chi connectivity index (χ1v) is 5.85. The Hall–Kier alpha value is -1.62. The zero-order chi connectivity index (χ0) is 13.5. The van der Waals surface area contributed by atoms with Crippen LogP contribution in [0.25, 0.3) is 0 Å². The van der Waals surface area contributed by atoms with Crippen LogP contribution in [0.1, 0.15) is 12.8 Å². The zero-order valence-corrected chi connectivity index (χ0v) is 11.0. The highest BCUT2D eigenvalue weighted by atomic mass is 19.1. The summed E-state index contributed by atoms with van der Waals surface area (Å²) in [6.07, 6.45) is 1.16. The molecule has 5 heteroatoms. The van der Waals surface area contributed by atoms with Crippen molar-refractivity contribution < 1.29 is 13.9 Å². The maximum absolute atomic E-state index is 13.2. The van der Waals surface area contributed by atoms with Crippen LogP contribution in [0.3, 0.4) is 0 Å². The quantitative estimate of drug-likeness (QED) is 0.787. The van der Waals surface area contributed by atoms with Crippen LogP contribution >= 0.6 is 0 Å². The fourth-order valence-corrected chi connectivity index (χ4v) is 1.64. The lowest BCUT2D eigenvalue weighted by molar-refractivity contribution is -0.118. The first-order chi connectivity index (χ1) is 8.60. The summed E-state index contributed by atoms with van der Waals surface area (Å²) in [6.45, 7) is 0.778. The number of nitrogens with zero attached hydrogens (tertiary/aromatic N) is 1. The van der Waals surface area contributed by atoms with Crippen molar-refractivity contribution in [2.24, 2.45) is 0 Å². The first kappa shape index (κ1) is 14.4. The molecular formula is C13H19FN2O2. The van der Waals surface area contributed by atoms with E-state index in [1.54, 1.807) is 7.05 Å². The summed E-state index contributed by atoms with van der Waals surface area (Å²) in [4.78, 5) is 13.3. The third-order valence-electron chi connectivity index (χ3n) is 2.69. The molecule has 1 aromatic carbocycles. The summed E-state index contributed by atoms with van der Waals surface area (Å²) in [5.41, 5.74) is 0.451. The molecule has 0 unspecified atom stereocenters. The van der Waals surface area contributed by atoms with Crippen molar-refractivity contribution in [2.75, 3.05) is 32.6 Å². The highest BCUT2D eigenvalue weighted by Crippen LogP contribution is 2.28. The number of rotatable bonds is 6. The van der Waals surface area contributed by atoms with Crippen LogP contribution in [0, 0.1) is 5.82 Å². The normalized spacial score (nSPS) is 10.2. The predicted molar refractivity (Wildman–Crippen MR) is 69.5 cm³/mol. The number of nitrogens with one attached hydrogen (secondary N) is 1. The zero-order valence-electron chi connectivity index (χ0n) is 11.0. The lowest BCUT2D eigenvalue weighted by Gasteiger charge is -2.20. The van der Waals surface area contributed by atoms with E-state index in [0.717, 1.165) is 13.0 Å². The predicted octanol–water partition coefficient (Wildman–Crippen LogP) is 1.80. The van der Waals surface area contributed by atoms with Crippen molar-refractivity contribution in [3.63, 3.8) is 0 Å². The highest BCUT2D eigenvalue weighted by molar-refractivity contribution is 5.94. The molecule has 0 radical (unpaired) electrons. The van der Waals surface area contributed by atoms with Crippen molar-refractivity contribution in [1.29, 1.82) is 0 Å². The number of amides is 1. The smallest absolute Gasteiger partial charge is 0.226 e. The number of ether oxygens (including phenoxy) is 1. The van der Waals surface area contributed by atoms with E-state index >= 15 is 0 Å². The van der Waals surface area contributed by atoms with E-state index in [-0.39, 0.29) is 11.7 Å². The fraction of sp³-hybridized carbons (Fsp3) is 0.462. The Morgan fingerprint density at radius 3 is 2.83 bits per heavy atom. The largest absolute Gasteiger partial charge is 0.495 e. The van der Waals surface area contributed by atoms with Gasteiger partial charge in [0, 0.05) is 19.5 Å². The Labute approximate surface area is 107 Å². The SMILES string of the molecule is CNCCCC(=O)N(C)c1cc(F)ccc1OC. The van der Waals surface area contributed by atoms with Crippen LogP contribution in [0.15, 0.2) is 18.2 Å². The molecular weight excluding hydrogens is 235 g/mol. The fourth-order valence-electron chi connectivity index (χ4n) is 1.64. The lowest BCUT2D eigenvalue weighted by atomic mass is 10.2. The van der Waals surface area contributed by atoms with Gasteiger partial charge in [-0.05, 0) is 32.1 Å². The van der Waals surface area contributed by atoms with Gasteiger partial charge in [-0.1, -0.05) is 0 Å². The van der Waals surface area contributed by atoms with Crippen molar-refractivity contribution in [2.45, 2.75) is 12.8 Å². The molecule has 0 bridgehead atoms. The molecule has 0 saturated heterocycles. The molecule has 0 spiro atoms. The van der Waals surface area contributed by atoms with Crippen molar-refractivity contribution in [3.8, 4) is 5.75 Å². The van der Waals surface area contributed by atoms with Gasteiger partial charge in [0.2, 0.25) is 5.91 Å². The summed E-state index contributed by atoms with van der Waals surface area (Å²) in [6, 6.07) is 4.12. The van der Waals surface area contributed by atoms with Gasteiger partial charge in [-0.2, -0.15) is 0 Å². The molecule has 1 rings (SSSR count). The number of carbonyl (C=O) groups is 1. The van der Waals surface area contributed by atoms with Crippen LogP contribution in [0.4, 0.5) is 10.1 Å². The molecule has 0 aliphatic heterocycles. The molecule has 1 amide bonds. The van der Waals surface area contributed by atoms with Gasteiger partial charge < -0.3 is 15.0 Å². The summed E-state index contributed by atoms with van der Waals surface area (Å²) < 4.78 is 18.3. The minimum absolute atomic E-state index is 0.0610. The van der Waals surface area contributed by atoms with Gasteiger partial charge in [0.05, 0.1) is 12.8 Å². The van der Waals surface area contributed by atoms with Gasteiger partial charge >= 0.3 is 0 Å². The average Bonchev–Trinajstić information content (AvgIpc) is 2.38. The molecule has 18 heavy (non-hydrogen) atoms. The molecule has 0 saturated carbocycles. The topological polar surface area (TPSA) is 41.6 Å². The Kier molecular flexibility index (Phi) is 5.58. The monoisotopic (exact) mass is 254 g/mol. The number of carbonyl (C=O) groups excluding carboxylic acids is 1. The van der Waals surface area contributed by atoms with E-state index < -0.39 is 0 Å². The third-order valence-corrected chi connectivity index (χ3v) is 2.69. The van der Waals surface area contributed by atoms with Crippen LogP contribution in [0.2, 0.25) is 0 Å². The number of methoxy groups -OCH3 is 1. The standard InChI is InChI=1S/C13H19FN2O2/c1-15-8-4-5-13(17)16(2)11-9-10(14)6-7-12(11)18-3/h6-7,9,15H,4-5,8H2,1-3H3. The summed E-state index contributed by atoms with van der Waals surface area (Å²) in [5.74, 6) is 0.0377. The van der Waals surface area contributed by atoms with Gasteiger partial charge in [0.1, 0.15) is 11.6 Å². The molecule has 1 aromatic rings. The molecule has 0 fully saturated rings. The number of halogens is 1. The summed E-state index contributed by atoms with van der Waals surface area (Å²) in [5, 5.41) is 2.98. The maximum atomic E-state index is 13.2. The molecule has 0 aliphatic carbocycles. The molecule has 100 valence electrons. The van der Waals surface area contributed by atoms with Crippen molar-refractivity contribution in [1.82, 2.24) is 5.32 Å². The third kappa shape index (κ3) is 3.70. The Bertz CT molecular complexity index is 410. The van der Waals surface area contributed by atoms with Gasteiger partial charge in [-0.15, -0.1) is 0 Å². The van der Waals surface area contributed by atoms with E-state index in [1.807, 2.05) is 7.05 Å². The lowest BCUT2D eigenvalue weighted by Crippen LogP contribution is -2.27. The van der Waals surface area contributed by atoms with E-state index in [1.165, 1.54) is 30.2 Å². The Morgan fingerprint density at radius 2 is 2.22 bits per heavy atom. The minimum atomic E-state index is -0.388. The van der Waals surface area contributed by atoms with Gasteiger partial charge in [-0.25, -0.2) is 4.39 Å². The first-order valence-electron chi connectivity index (χ1n) is 5.85. The van der Waals surface area contributed by atoms with Crippen LogP contribution in [-0.2, 0) is 4.79 Å². The van der Waals surface area contributed by atoms with Gasteiger partial charge in [0.15, 0.2) is 0 Å². The number of benzene rings is 1. The van der Waals surface area contributed by atoms with E-state index in [2.05, 4.69) is 5.32 Å². The van der Waals surface area contributed by atoms with Crippen molar-refractivity contribution in [3.05, 3.63) is 24.0 Å². The average molecular weight is 254 g/mol. The maximum Gasteiger partial charge on any atom is 0.226 e. The molecule has 4 nitrogen and oxygen atoms in total. The van der Waals surface area contributed by atoms with Gasteiger partial charge in [-0.3, -0.25) is 4.79 Å². The van der Waals surface area contributed by atoms with Crippen molar-refractivity contribution >= 4 is 11.6 Å². The van der Waals surface area contributed by atoms with Gasteiger partial charge in [0.25, 0.3) is 0 Å². The number of hydrogen-bond donors (Lipinski definition) is 1. The summed E-state index contributed by atoms with van der Waals surface area (Å²) in [7, 11) is 4.96. The molecule has 0 aromatic heterocycles. The van der Waals surface area contributed by atoms with E-state index in [4.69, 9.17) is 4.74 Å². The van der Waals surface area contributed by atoms with Crippen LogP contribution < -0.4 is 15.0 Å². The van der Waals surface area contributed by atoms with Crippen LogP contribution in [-0.4, -0.2) is 33.7 Å². The molecule has 1 N–H and O–H groups in total. The highest BCUT2D eigenvalue weighted by Gasteiger charge is 2.15. The van der Waals surface area contributed by atoms with E-state index in [0.29, 0.717) is 17.9 Å². The molecule has 0 aliphatic rings. The summed E-state index contributed by atoms with van der Waals surface area (Å²) >= 11 is 0. The Balaban J connectivity index is 2.78. The molecule has 0 heterocycles. The second kappa shape index (κ2) is 6.96. The van der Waals surface area contributed by atoms with Crippen LogP contribution in [0.5, 0.6) is 5.75 Å². The second-order valence-corrected chi connectivity index (χ2v) is 3.98. The second-order valence-electron chi connectivity index (χ2n) is 3.98. The number of anilines is 1.